The summed E-state index contributed by atoms with van der Waals surface area (Å²) in [7, 11) is 3.97. The third kappa shape index (κ3) is 2.77. The fraction of sp³-hybridized carbons (Fsp3) is 0.222. The maximum absolute atomic E-state index is 12.7. The van der Waals surface area contributed by atoms with Crippen molar-refractivity contribution in [2.24, 2.45) is 0 Å². The molecule has 2 heterocycles. The molecule has 5 heteroatoms. The number of nitrogens with zero attached hydrogens (tertiary/aromatic N) is 3. The number of hydrogen-bond acceptors (Lipinski definition) is 3. The zero-order valence-corrected chi connectivity index (χ0v) is 13.8. The maximum atomic E-state index is 12.7. The summed E-state index contributed by atoms with van der Waals surface area (Å²) in [5.41, 5.74) is 5.01. The minimum atomic E-state index is -0.154. The first-order chi connectivity index (χ1) is 11.0. The Morgan fingerprint density at radius 1 is 1.13 bits per heavy atom. The topological polar surface area (TPSA) is 49.6 Å². The monoisotopic (exact) mass is 308 g/mol. The normalized spacial score (nSPS) is 10.8. The number of aromatic nitrogens is 2. The summed E-state index contributed by atoms with van der Waals surface area (Å²) in [6, 6.07) is 11.7. The highest BCUT2D eigenvalue weighted by Gasteiger charge is 2.17. The van der Waals surface area contributed by atoms with Crippen molar-refractivity contribution in [3.05, 3.63) is 59.5 Å². The van der Waals surface area contributed by atoms with E-state index in [-0.39, 0.29) is 5.91 Å². The minimum Gasteiger partial charge on any atom is -0.378 e. The van der Waals surface area contributed by atoms with Gasteiger partial charge in [0.2, 0.25) is 0 Å². The molecule has 0 radical (unpaired) electrons. The molecule has 118 valence electrons. The lowest BCUT2D eigenvalue weighted by Gasteiger charge is -2.13. The van der Waals surface area contributed by atoms with Crippen LogP contribution in [0.2, 0.25) is 0 Å². The fourth-order valence-electron chi connectivity index (χ4n) is 2.62. The Morgan fingerprint density at radius 2 is 1.83 bits per heavy atom. The van der Waals surface area contributed by atoms with E-state index in [0.29, 0.717) is 5.69 Å². The third-order valence-corrected chi connectivity index (χ3v) is 3.88. The molecule has 0 aliphatic carbocycles. The molecule has 0 fully saturated rings. The van der Waals surface area contributed by atoms with Gasteiger partial charge < -0.3 is 10.2 Å². The van der Waals surface area contributed by atoms with Gasteiger partial charge in [0, 0.05) is 31.7 Å². The first kappa shape index (κ1) is 15.1. The summed E-state index contributed by atoms with van der Waals surface area (Å²) in [4.78, 5) is 19.2. The molecule has 0 saturated heterocycles. The number of benzene rings is 1. The van der Waals surface area contributed by atoms with E-state index in [9.17, 15) is 4.79 Å². The molecule has 3 aromatic rings. The van der Waals surface area contributed by atoms with Crippen molar-refractivity contribution in [2.45, 2.75) is 13.8 Å². The van der Waals surface area contributed by atoms with Crippen LogP contribution in [0, 0.1) is 13.8 Å². The number of hydrogen-bond donors (Lipinski definition) is 1. The third-order valence-electron chi connectivity index (χ3n) is 3.88. The molecular formula is C18H20N4O. The largest absolute Gasteiger partial charge is 0.378 e. The summed E-state index contributed by atoms with van der Waals surface area (Å²) >= 11 is 0. The van der Waals surface area contributed by atoms with Crippen LogP contribution in [-0.4, -0.2) is 29.4 Å². The Labute approximate surface area is 135 Å². The molecule has 1 amide bonds. The molecule has 2 aromatic heterocycles. The van der Waals surface area contributed by atoms with E-state index in [1.54, 1.807) is 0 Å². The van der Waals surface area contributed by atoms with E-state index < -0.39 is 0 Å². The number of nitrogens with one attached hydrogen (secondary N) is 1. The lowest BCUT2D eigenvalue weighted by molar-refractivity contribution is 0.102. The van der Waals surface area contributed by atoms with Crippen molar-refractivity contribution in [2.75, 3.05) is 24.3 Å². The van der Waals surface area contributed by atoms with Crippen LogP contribution in [0.1, 0.15) is 21.7 Å². The highest BCUT2D eigenvalue weighted by molar-refractivity contribution is 6.04. The first-order valence-corrected chi connectivity index (χ1v) is 7.50. The summed E-state index contributed by atoms with van der Waals surface area (Å²) in [5.74, 6) is -0.154. The average Bonchev–Trinajstić information content (AvgIpc) is 2.85. The highest BCUT2D eigenvalue weighted by atomic mass is 16.2. The number of carbonyl (C=O) groups excluding carboxylic acids is 1. The second-order valence-corrected chi connectivity index (χ2v) is 5.83. The van der Waals surface area contributed by atoms with Crippen molar-refractivity contribution < 1.29 is 4.79 Å². The Kier molecular flexibility index (Phi) is 3.78. The van der Waals surface area contributed by atoms with Crippen molar-refractivity contribution in [1.82, 2.24) is 9.38 Å². The smallest absolute Gasteiger partial charge is 0.274 e. The molecule has 0 aliphatic heterocycles. The molecule has 3 rings (SSSR count). The first-order valence-electron chi connectivity index (χ1n) is 7.50. The number of rotatable bonds is 3. The Balaban J connectivity index is 1.92. The number of amides is 1. The zero-order chi connectivity index (χ0) is 16.6. The Bertz CT molecular complexity index is 863. The van der Waals surface area contributed by atoms with Crippen LogP contribution in [-0.2, 0) is 0 Å². The lowest BCUT2D eigenvalue weighted by atomic mass is 10.2. The molecule has 0 bridgehead atoms. The van der Waals surface area contributed by atoms with E-state index >= 15 is 0 Å². The predicted octanol–water partition coefficient (Wildman–Crippen LogP) is 3.27. The van der Waals surface area contributed by atoms with Gasteiger partial charge in [0.25, 0.3) is 5.91 Å². The zero-order valence-electron chi connectivity index (χ0n) is 13.8. The van der Waals surface area contributed by atoms with Gasteiger partial charge in [0.1, 0.15) is 11.3 Å². The lowest BCUT2D eigenvalue weighted by Crippen LogP contribution is -2.16. The van der Waals surface area contributed by atoms with Crippen LogP contribution in [0.5, 0.6) is 0 Å². The van der Waals surface area contributed by atoms with Gasteiger partial charge in [-0.3, -0.25) is 9.20 Å². The molecule has 5 nitrogen and oxygen atoms in total. The van der Waals surface area contributed by atoms with E-state index in [0.717, 1.165) is 28.3 Å². The van der Waals surface area contributed by atoms with E-state index in [1.807, 2.05) is 79.8 Å². The van der Waals surface area contributed by atoms with Crippen LogP contribution in [0.15, 0.2) is 42.6 Å². The second-order valence-electron chi connectivity index (χ2n) is 5.83. The van der Waals surface area contributed by atoms with Crippen molar-refractivity contribution in [1.29, 1.82) is 0 Å². The minimum absolute atomic E-state index is 0.154. The average molecular weight is 308 g/mol. The van der Waals surface area contributed by atoms with Gasteiger partial charge >= 0.3 is 0 Å². The number of imidazole rings is 1. The number of aryl methyl sites for hydroxylation is 2. The maximum Gasteiger partial charge on any atom is 0.274 e. The van der Waals surface area contributed by atoms with E-state index in [2.05, 4.69) is 10.3 Å². The number of carbonyl (C=O) groups is 1. The molecule has 0 unspecified atom stereocenters. The van der Waals surface area contributed by atoms with Crippen LogP contribution >= 0.6 is 0 Å². The van der Waals surface area contributed by atoms with Gasteiger partial charge in [0.05, 0.1) is 5.69 Å². The van der Waals surface area contributed by atoms with Gasteiger partial charge in [-0.2, -0.15) is 0 Å². The molecule has 0 saturated carbocycles. The van der Waals surface area contributed by atoms with Crippen molar-refractivity contribution in [3.63, 3.8) is 0 Å². The number of fused-ring (bicyclic) bond motifs is 1. The summed E-state index contributed by atoms with van der Waals surface area (Å²) in [6.45, 7) is 3.85. The van der Waals surface area contributed by atoms with Crippen LogP contribution in [0.25, 0.3) is 5.65 Å². The van der Waals surface area contributed by atoms with Gasteiger partial charge in [-0.1, -0.05) is 6.07 Å². The van der Waals surface area contributed by atoms with Gasteiger partial charge in [-0.25, -0.2) is 4.98 Å². The molecule has 0 atom stereocenters. The van der Waals surface area contributed by atoms with Gasteiger partial charge in [-0.05, 0) is 49.7 Å². The molecular weight excluding hydrogens is 288 g/mol. The standard InChI is InChI=1S/C18H20N4O/c1-12-6-5-11-22-16(13(2)19-17(12)22)18(23)20-14-7-9-15(10-8-14)21(3)4/h5-11H,1-4H3,(H,20,23). The van der Waals surface area contributed by atoms with Gasteiger partial charge in [-0.15, -0.1) is 0 Å². The van der Waals surface area contributed by atoms with Crippen molar-refractivity contribution >= 4 is 22.9 Å². The number of pyridine rings is 1. The molecule has 23 heavy (non-hydrogen) atoms. The van der Waals surface area contributed by atoms with E-state index in [1.165, 1.54) is 0 Å². The van der Waals surface area contributed by atoms with Gasteiger partial charge in [0.15, 0.2) is 0 Å². The second kappa shape index (κ2) is 5.76. The molecule has 0 aliphatic rings. The van der Waals surface area contributed by atoms with Crippen LogP contribution < -0.4 is 10.2 Å². The van der Waals surface area contributed by atoms with Crippen molar-refractivity contribution in [3.8, 4) is 0 Å². The quantitative estimate of drug-likeness (QED) is 0.808. The summed E-state index contributed by atoms with van der Waals surface area (Å²) in [5, 5.41) is 2.94. The Hall–Kier alpha value is -2.82. The molecule has 1 aromatic carbocycles. The number of anilines is 2. The van der Waals surface area contributed by atoms with Crippen LogP contribution in [0.4, 0.5) is 11.4 Å². The fourth-order valence-corrected chi connectivity index (χ4v) is 2.62. The SMILES string of the molecule is Cc1nc2c(C)cccn2c1C(=O)Nc1ccc(N(C)C)cc1. The predicted molar refractivity (Wildman–Crippen MR) is 93.4 cm³/mol. The van der Waals surface area contributed by atoms with E-state index in [4.69, 9.17) is 0 Å². The van der Waals surface area contributed by atoms with Crippen LogP contribution in [0.3, 0.4) is 0 Å². The Morgan fingerprint density at radius 3 is 2.48 bits per heavy atom. The molecule has 0 spiro atoms. The summed E-state index contributed by atoms with van der Waals surface area (Å²) in [6.07, 6.45) is 1.87. The highest BCUT2D eigenvalue weighted by Crippen LogP contribution is 2.19. The summed E-state index contributed by atoms with van der Waals surface area (Å²) < 4.78 is 1.84. The molecule has 1 N–H and O–H groups in total.